The Labute approximate surface area is 205 Å². The van der Waals surface area contributed by atoms with Crippen molar-refractivity contribution in [1.29, 1.82) is 0 Å². The van der Waals surface area contributed by atoms with Crippen molar-refractivity contribution in [3.63, 3.8) is 0 Å². The second-order valence-corrected chi connectivity index (χ2v) is 9.86. The van der Waals surface area contributed by atoms with Crippen LogP contribution in [0.25, 0.3) is 22.4 Å². The number of hydrogen-bond acceptors (Lipinski definition) is 5. The van der Waals surface area contributed by atoms with Crippen molar-refractivity contribution < 1.29 is 28.5 Å². The highest BCUT2D eigenvalue weighted by Crippen LogP contribution is 2.45. The molecular weight excluding hydrogens is 468 g/mol. The monoisotopic (exact) mass is 496 g/mol. The summed E-state index contributed by atoms with van der Waals surface area (Å²) in [6.07, 6.45) is -0.611. The van der Waals surface area contributed by atoms with Crippen LogP contribution in [-0.4, -0.2) is 32.2 Å². The highest BCUT2D eigenvalue weighted by Gasteiger charge is 2.60. The number of rotatable bonds is 8. The highest BCUT2D eigenvalue weighted by molar-refractivity contribution is 7.42. The number of esters is 1. The van der Waals surface area contributed by atoms with Gasteiger partial charge >= 0.3 is 19.2 Å². The maximum Gasteiger partial charge on any atom is 0.531 e. The molecule has 0 aliphatic heterocycles. The van der Waals surface area contributed by atoms with Crippen LogP contribution < -0.4 is 4.74 Å². The molecule has 0 aliphatic carbocycles. The number of carbonyl (C=O) groups excluding carboxylic acids is 1. The van der Waals surface area contributed by atoms with E-state index in [2.05, 4.69) is 6.58 Å². The Balaban J connectivity index is 2.35. The van der Waals surface area contributed by atoms with E-state index in [0.29, 0.717) is 28.1 Å². The summed E-state index contributed by atoms with van der Waals surface area (Å²) in [4.78, 5) is 28.1. The largest absolute Gasteiger partial charge is 0.531 e. The molecule has 3 atom stereocenters. The molecule has 3 unspecified atom stereocenters. The first-order chi connectivity index (χ1) is 16.5. The van der Waals surface area contributed by atoms with Gasteiger partial charge in [-0.2, -0.15) is 4.89 Å². The molecule has 8 heteroatoms. The molecule has 0 spiro atoms. The van der Waals surface area contributed by atoms with E-state index in [1.54, 1.807) is 12.1 Å². The molecule has 2 aromatic carbocycles. The zero-order valence-electron chi connectivity index (χ0n) is 20.0. The fourth-order valence-corrected chi connectivity index (χ4v) is 4.60. The Hall–Kier alpha value is -3.25. The molecule has 6 nitrogen and oxygen atoms in total. The SMILES string of the molecule is C=CC(C(=O)Oc1c(C(C)C)nc(-c2ccccc2)c(C)c1-c1ccc(F)cc1)(C(C)O)[P+](=O)O. The van der Waals surface area contributed by atoms with E-state index in [1.165, 1.54) is 19.1 Å². The summed E-state index contributed by atoms with van der Waals surface area (Å²) in [6, 6.07) is 15.2. The van der Waals surface area contributed by atoms with E-state index in [9.17, 15) is 23.7 Å². The number of nitrogens with zero attached hydrogens (tertiary/aromatic N) is 1. The summed E-state index contributed by atoms with van der Waals surface area (Å²) in [5.41, 5.74) is 3.67. The maximum atomic E-state index is 13.7. The van der Waals surface area contributed by atoms with Gasteiger partial charge in [-0.15, -0.1) is 0 Å². The fraction of sp³-hybridized carbons (Fsp3) is 0.259. The second kappa shape index (κ2) is 10.6. The van der Waals surface area contributed by atoms with Crippen LogP contribution in [0.5, 0.6) is 5.75 Å². The van der Waals surface area contributed by atoms with Crippen molar-refractivity contribution in [1.82, 2.24) is 4.98 Å². The topological polar surface area (TPSA) is 96.7 Å². The van der Waals surface area contributed by atoms with Crippen LogP contribution in [0.15, 0.2) is 67.3 Å². The molecule has 0 radical (unpaired) electrons. The van der Waals surface area contributed by atoms with Crippen molar-refractivity contribution in [3.8, 4) is 28.1 Å². The van der Waals surface area contributed by atoms with E-state index in [0.717, 1.165) is 11.6 Å². The van der Waals surface area contributed by atoms with E-state index in [4.69, 9.17) is 9.72 Å². The number of ether oxygens (including phenoxy) is 1. The first kappa shape index (κ1) is 26.4. The minimum absolute atomic E-state index is 0.0810. The summed E-state index contributed by atoms with van der Waals surface area (Å²) in [5, 5.41) is 8.01. The van der Waals surface area contributed by atoms with Crippen molar-refractivity contribution in [2.24, 2.45) is 0 Å². The van der Waals surface area contributed by atoms with Crippen LogP contribution >= 0.6 is 8.03 Å². The number of carbonyl (C=O) groups is 1. The lowest BCUT2D eigenvalue weighted by atomic mass is 9.92. The van der Waals surface area contributed by atoms with Gasteiger partial charge < -0.3 is 9.84 Å². The molecule has 3 rings (SSSR count). The van der Waals surface area contributed by atoms with E-state index in [-0.39, 0.29) is 11.7 Å². The molecule has 0 fully saturated rings. The normalized spacial score (nSPS) is 14.2. The zero-order chi connectivity index (χ0) is 25.9. The Morgan fingerprint density at radius 1 is 1.11 bits per heavy atom. The van der Waals surface area contributed by atoms with Crippen molar-refractivity contribution >= 4 is 14.0 Å². The van der Waals surface area contributed by atoms with Gasteiger partial charge in [0.05, 0.1) is 11.4 Å². The van der Waals surface area contributed by atoms with Gasteiger partial charge in [-0.05, 0) is 53.7 Å². The Morgan fingerprint density at radius 3 is 2.20 bits per heavy atom. The molecule has 3 aromatic rings. The molecule has 0 bridgehead atoms. The minimum Gasteiger partial charge on any atom is -0.420 e. The summed E-state index contributed by atoms with van der Waals surface area (Å²) in [6.45, 7) is 10.3. The van der Waals surface area contributed by atoms with Gasteiger partial charge in [0.2, 0.25) is 0 Å². The predicted octanol–water partition coefficient (Wildman–Crippen LogP) is 5.93. The third-order valence-electron chi connectivity index (χ3n) is 5.94. The number of hydrogen-bond donors (Lipinski definition) is 2. The maximum absolute atomic E-state index is 13.7. The van der Waals surface area contributed by atoms with Crippen LogP contribution in [0.1, 0.15) is 37.9 Å². The summed E-state index contributed by atoms with van der Waals surface area (Å²) in [5.74, 6) is -1.70. The smallest absolute Gasteiger partial charge is 0.420 e. The molecular formula is C27H28FNO5P+. The standard InChI is InChI=1S/C27H27FNO5P/c1-6-27(18(5)30,35(32)33)26(31)34-25-22(19-12-14-21(28)15-13-19)17(4)24(29-23(25)16(2)3)20-10-8-7-9-11-20/h6-16,18,30H,1H2,2-5H3/p+1. The van der Waals surface area contributed by atoms with E-state index >= 15 is 0 Å². The van der Waals surface area contributed by atoms with Gasteiger partial charge in [0.15, 0.2) is 5.75 Å². The Kier molecular flexibility index (Phi) is 7.96. The molecule has 35 heavy (non-hydrogen) atoms. The molecule has 0 saturated carbocycles. The van der Waals surface area contributed by atoms with Crippen LogP contribution in [0, 0.1) is 12.7 Å². The summed E-state index contributed by atoms with van der Waals surface area (Å²) in [7, 11) is -3.23. The van der Waals surface area contributed by atoms with Crippen molar-refractivity contribution in [3.05, 3.63) is 84.3 Å². The lowest BCUT2D eigenvalue weighted by Crippen LogP contribution is -2.46. The molecule has 0 amide bonds. The van der Waals surface area contributed by atoms with Crippen LogP contribution in [-0.2, 0) is 9.36 Å². The van der Waals surface area contributed by atoms with E-state index in [1.807, 2.05) is 51.1 Å². The molecule has 2 N–H and O–H groups in total. The number of halogens is 1. The number of benzene rings is 2. The van der Waals surface area contributed by atoms with Gasteiger partial charge in [-0.1, -0.05) is 62.9 Å². The number of aromatic nitrogens is 1. The molecule has 0 saturated heterocycles. The number of pyridine rings is 1. The molecule has 0 aliphatic rings. The van der Waals surface area contributed by atoms with Crippen LogP contribution in [0.2, 0.25) is 0 Å². The first-order valence-corrected chi connectivity index (χ1v) is 12.3. The molecule has 182 valence electrons. The molecule has 1 aromatic heterocycles. The average Bonchev–Trinajstić information content (AvgIpc) is 2.81. The predicted molar refractivity (Wildman–Crippen MR) is 134 cm³/mol. The van der Waals surface area contributed by atoms with Gasteiger partial charge in [-0.3, -0.25) is 0 Å². The van der Waals surface area contributed by atoms with Crippen molar-refractivity contribution in [2.45, 2.75) is 44.9 Å². The first-order valence-electron chi connectivity index (χ1n) is 11.1. The summed E-state index contributed by atoms with van der Waals surface area (Å²) < 4.78 is 31.8. The fourth-order valence-electron chi connectivity index (χ4n) is 3.92. The summed E-state index contributed by atoms with van der Waals surface area (Å²) >= 11 is 0. The van der Waals surface area contributed by atoms with E-state index < -0.39 is 31.1 Å². The zero-order valence-corrected chi connectivity index (χ0v) is 20.9. The second-order valence-electron chi connectivity index (χ2n) is 8.57. The van der Waals surface area contributed by atoms with Crippen LogP contribution in [0.3, 0.4) is 0 Å². The Morgan fingerprint density at radius 2 is 1.71 bits per heavy atom. The average molecular weight is 496 g/mol. The molecule has 1 heterocycles. The lowest BCUT2D eigenvalue weighted by molar-refractivity contribution is -0.138. The van der Waals surface area contributed by atoms with Crippen molar-refractivity contribution in [2.75, 3.05) is 0 Å². The van der Waals surface area contributed by atoms with Gasteiger partial charge in [0.25, 0.3) is 0 Å². The number of aliphatic hydroxyl groups is 1. The van der Waals surface area contributed by atoms with Crippen LogP contribution in [0.4, 0.5) is 4.39 Å². The quantitative estimate of drug-likeness (QED) is 0.228. The van der Waals surface area contributed by atoms with Gasteiger partial charge in [0.1, 0.15) is 11.9 Å². The lowest BCUT2D eigenvalue weighted by Gasteiger charge is -2.24. The van der Waals surface area contributed by atoms with Gasteiger partial charge in [-0.25, -0.2) is 14.2 Å². The van der Waals surface area contributed by atoms with Gasteiger partial charge in [0, 0.05) is 11.1 Å². The number of aliphatic hydroxyl groups excluding tert-OH is 1. The Bertz CT molecular complexity index is 1260. The minimum atomic E-state index is -3.23. The third-order valence-corrected chi connectivity index (χ3v) is 7.31. The highest BCUT2D eigenvalue weighted by atomic mass is 31.1. The third kappa shape index (κ3) is 4.94.